The number of β-amino-alcohol motifs (C(OH)–C–C–N with tert-alkyl or cyclic N) is 1. The van der Waals surface area contributed by atoms with Gasteiger partial charge in [-0.05, 0) is 43.5 Å². The van der Waals surface area contributed by atoms with E-state index in [1.54, 1.807) is 14.2 Å². The first-order chi connectivity index (χ1) is 10.5. The molecule has 0 saturated carbocycles. The third kappa shape index (κ3) is 4.71. The Balaban J connectivity index is 1.85. The molecular formula is C17H26N2O3. The fourth-order valence-electron chi connectivity index (χ4n) is 3.01. The van der Waals surface area contributed by atoms with Crippen molar-refractivity contribution < 1.29 is 14.6 Å². The minimum Gasteiger partial charge on any atom is -0.497 e. The number of piperidine rings is 1. The minimum absolute atomic E-state index is 0.0977. The normalized spacial score (nSPS) is 22.3. The summed E-state index contributed by atoms with van der Waals surface area (Å²) in [5.41, 5.74) is 0.361. The molecule has 2 N–H and O–H groups in total. The van der Waals surface area contributed by atoms with Crippen molar-refractivity contribution >= 4 is 5.91 Å². The van der Waals surface area contributed by atoms with Crippen molar-refractivity contribution in [1.82, 2.24) is 10.2 Å². The van der Waals surface area contributed by atoms with E-state index < -0.39 is 5.60 Å². The molecule has 1 unspecified atom stereocenters. The molecule has 0 spiro atoms. The predicted octanol–water partition coefficient (Wildman–Crippen LogP) is 1.20. The number of nitrogens with one attached hydrogen (secondary N) is 1. The lowest BCUT2D eigenvalue weighted by Gasteiger charge is -2.38. The van der Waals surface area contributed by atoms with Crippen LogP contribution in [0.25, 0.3) is 0 Å². The van der Waals surface area contributed by atoms with E-state index >= 15 is 0 Å². The second kappa shape index (κ2) is 7.61. The van der Waals surface area contributed by atoms with Crippen LogP contribution in [0.2, 0.25) is 0 Å². The fourth-order valence-corrected chi connectivity index (χ4v) is 3.01. The summed E-state index contributed by atoms with van der Waals surface area (Å²) >= 11 is 0. The van der Waals surface area contributed by atoms with E-state index in [1.807, 2.05) is 12.1 Å². The van der Waals surface area contributed by atoms with E-state index in [0.29, 0.717) is 13.0 Å². The van der Waals surface area contributed by atoms with Gasteiger partial charge in [0, 0.05) is 20.1 Å². The number of methoxy groups -OCH3 is 1. The number of benzene rings is 1. The van der Waals surface area contributed by atoms with E-state index in [9.17, 15) is 9.90 Å². The Morgan fingerprint density at radius 2 is 2.14 bits per heavy atom. The summed E-state index contributed by atoms with van der Waals surface area (Å²) in [4.78, 5) is 13.8. The smallest absolute Gasteiger partial charge is 0.222 e. The number of likely N-dealkylation sites (tertiary alicyclic amines) is 1. The minimum atomic E-state index is -0.891. The SMILES string of the molecule is CNC(=O)CC1(O)CCCN(CCc2ccc(OC)cc2)C1. The van der Waals surface area contributed by atoms with Gasteiger partial charge in [0.05, 0.1) is 19.1 Å². The first-order valence-electron chi connectivity index (χ1n) is 7.83. The lowest BCUT2D eigenvalue weighted by atomic mass is 9.89. The molecule has 1 aromatic rings. The summed E-state index contributed by atoms with van der Waals surface area (Å²) in [5.74, 6) is 0.765. The zero-order valence-corrected chi connectivity index (χ0v) is 13.5. The van der Waals surface area contributed by atoms with E-state index in [1.165, 1.54) is 5.56 Å². The highest BCUT2D eigenvalue weighted by Crippen LogP contribution is 2.24. The molecule has 22 heavy (non-hydrogen) atoms. The summed E-state index contributed by atoms with van der Waals surface area (Å²) in [5, 5.41) is 13.2. The van der Waals surface area contributed by atoms with Gasteiger partial charge in [-0.1, -0.05) is 12.1 Å². The van der Waals surface area contributed by atoms with Crippen LogP contribution in [0.3, 0.4) is 0 Å². The number of carbonyl (C=O) groups excluding carboxylic acids is 1. The average molecular weight is 306 g/mol. The van der Waals surface area contributed by atoms with Crippen molar-refractivity contribution in [2.24, 2.45) is 0 Å². The van der Waals surface area contributed by atoms with Crippen LogP contribution in [0.4, 0.5) is 0 Å². The van der Waals surface area contributed by atoms with E-state index in [-0.39, 0.29) is 12.3 Å². The van der Waals surface area contributed by atoms with Crippen LogP contribution in [0.15, 0.2) is 24.3 Å². The van der Waals surface area contributed by atoms with Crippen molar-refractivity contribution in [2.45, 2.75) is 31.3 Å². The van der Waals surface area contributed by atoms with Crippen LogP contribution in [-0.2, 0) is 11.2 Å². The van der Waals surface area contributed by atoms with Crippen LogP contribution in [0.1, 0.15) is 24.8 Å². The van der Waals surface area contributed by atoms with Gasteiger partial charge in [-0.2, -0.15) is 0 Å². The molecule has 1 aliphatic rings. The zero-order chi connectivity index (χ0) is 16.0. The molecule has 122 valence electrons. The highest BCUT2D eigenvalue weighted by atomic mass is 16.5. The molecule has 1 aliphatic heterocycles. The number of ether oxygens (including phenoxy) is 1. The van der Waals surface area contributed by atoms with Gasteiger partial charge < -0.3 is 20.1 Å². The van der Waals surface area contributed by atoms with Gasteiger partial charge in [0.25, 0.3) is 0 Å². The van der Waals surface area contributed by atoms with Gasteiger partial charge in [-0.25, -0.2) is 0 Å². The Morgan fingerprint density at radius 1 is 1.41 bits per heavy atom. The van der Waals surface area contributed by atoms with E-state index in [0.717, 1.165) is 31.7 Å². The summed E-state index contributed by atoms with van der Waals surface area (Å²) in [6, 6.07) is 8.07. The quantitative estimate of drug-likeness (QED) is 0.829. The van der Waals surface area contributed by atoms with Crippen molar-refractivity contribution in [3.05, 3.63) is 29.8 Å². The molecule has 0 bridgehead atoms. The molecule has 0 aliphatic carbocycles. The summed E-state index contributed by atoms with van der Waals surface area (Å²) in [6.07, 6.45) is 2.73. The Hall–Kier alpha value is -1.59. The number of nitrogens with zero attached hydrogens (tertiary/aromatic N) is 1. The van der Waals surface area contributed by atoms with Gasteiger partial charge in [0.1, 0.15) is 5.75 Å². The number of hydrogen-bond acceptors (Lipinski definition) is 4. The fraction of sp³-hybridized carbons (Fsp3) is 0.588. The zero-order valence-electron chi connectivity index (χ0n) is 13.5. The lowest BCUT2D eigenvalue weighted by molar-refractivity contribution is -0.128. The van der Waals surface area contributed by atoms with Crippen LogP contribution in [-0.4, -0.2) is 55.3 Å². The van der Waals surface area contributed by atoms with Gasteiger partial charge in [0.2, 0.25) is 5.91 Å². The molecular weight excluding hydrogens is 280 g/mol. The van der Waals surface area contributed by atoms with Crippen molar-refractivity contribution in [2.75, 3.05) is 33.8 Å². The Morgan fingerprint density at radius 3 is 2.77 bits per heavy atom. The van der Waals surface area contributed by atoms with Crippen molar-refractivity contribution in [1.29, 1.82) is 0 Å². The van der Waals surface area contributed by atoms with Crippen molar-refractivity contribution in [3.8, 4) is 5.75 Å². The molecule has 5 nitrogen and oxygen atoms in total. The van der Waals surface area contributed by atoms with Gasteiger partial charge in [0.15, 0.2) is 0 Å². The predicted molar refractivity (Wildman–Crippen MR) is 86.0 cm³/mol. The first kappa shape index (κ1) is 16.8. The molecule has 1 fully saturated rings. The molecule has 1 atom stereocenters. The monoisotopic (exact) mass is 306 g/mol. The standard InChI is InChI=1S/C17H26N2O3/c1-18-16(20)12-17(21)9-3-10-19(13-17)11-8-14-4-6-15(22-2)7-5-14/h4-7,21H,3,8-13H2,1-2H3,(H,18,20). The van der Waals surface area contributed by atoms with Gasteiger partial charge in [-0.3, -0.25) is 4.79 Å². The van der Waals surface area contributed by atoms with Crippen LogP contribution in [0, 0.1) is 0 Å². The third-order valence-electron chi connectivity index (χ3n) is 4.28. The number of hydrogen-bond donors (Lipinski definition) is 2. The Kier molecular flexibility index (Phi) is 5.80. The number of carbonyl (C=O) groups is 1. The second-order valence-corrected chi connectivity index (χ2v) is 6.05. The molecule has 5 heteroatoms. The average Bonchev–Trinajstić information content (AvgIpc) is 2.53. The van der Waals surface area contributed by atoms with Crippen LogP contribution < -0.4 is 10.1 Å². The van der Waals surface area contributed by atoms with Crippen LogP contribution in [0.5, 0.6) is 5.75 Å². The molecule has 1 amide bonds. The third-order valence-corrected chi connectivity index (χ3v) is 4.28. The number of aliphatic hydroxyl groups is 1. The summed E-state index contributed by atoms with van der Waals surface area (Å²) in [7, 11) is 3.27. The first-order valence-corrected chi connectivity index (χ1v) is 7.83. The molecule has 2 rings (SSSR count). The number of rotatable bonds is 6. The molecule has 1 aromatic carbocycles. The molecule has 1 heterocycles. The maximum absolute atomic E-state index is 11.5. The second-order valence-electron chi connectivity index (χ2n) is 6.05. The molecule has 0 aromatic heterocycles. The maximum atomic E-state index is 11.5. The van der Waals surface area contributed by atoms with Crippen LogP contribution >= 0.6 is 0 Å². The lowest BCUT2D eigenvalue weighted by Crippen LogP contribution is -2.50. The van der Waals surface area contributed by atoms with E-state index in [2.05, 4.69) is 22.3 Å². The summed E-state index contributed by atoms with van der Waals surface area (Å²) in [6.45, 7) is 2.44. The van der Waals surface area contributed by atoms with E-state index in [4.69, 9.17) is 4.74 Å². The Bertz CT molecular complexity index is 489. The molecule has 1 saturated heterocycles. The van der Waals surface area contributed by atoms with Gasteiger partial charge in [-0.15, -0.1) is 0 Å². The topological polar surface area (TPSA) is 61.8 Å². The van der Waals surface area contributed by atoms with Gasteiger partial charge >= 0.3 is 0 Å². The molecule has 0 radical (unpaired) electrons. The highest BCUT2D eigenvalue weighted by Gasteiger charge is 2.34. The summed E-state index contributed by atoms with van der Waals surface area (Å²) < 4.78 is 5.16. The Labute approximate surface area is 132 Å². The number of amides is 1. The largest absolute Gasteiger partial charge is 0.497 e. The highest BCUT2D eigenvalue weighted by molar-refractivity contribution is 5.76. The maximum Gasteiger partial charge on any atom is 0.222 e. The van der Waals surface area contributed by atoms with Crippen molar-refractivity contribution in [3.63, 3.8) is 0 Å².